The van der Waals surface area contributed by atoms with Crippen molar-refractivity contribution in [2.75, 3.05) is 20.8 Å². The minimum Gasteiger partial charge on any atom is -0.497 e. The molecular weight excluding hydrogens is 596 g/mol. The largest absolute Gasteiger partial charge is 0.497 e. The summed E-state index contributed by atoms with van der Waals surface area (Å²) in [6.45, 7) is -5.24. The van der Waals surface area contributed by atoms with Gasteiger partial charge in [0.1, 0.15) is 35.2 Å². The van der Waals surface area contributed by atoms with Crippen LogP contribution in [0.4, 0.5) is 13.2 Å². The smallest absolute Gasteiger partial charge is 0.435 e. The van der Waals surface area contributed by atoms with Gasteiger partial charge in [-0.25, -0.2) is 13.6 Å². The van der Waals surface area contributed by atoms with Crippen molar-refractivity contribution in [2.45, 2.75) is 30.5 Å². The van der Waals surface area contributed by atoms with Crippen molar-refractivity contribution < 1.29 is 51.2 Å². The average molecular weight is 620 g/mol. The standard InChI is InChI=1S/C24H24F3N2O10PS/c1-34-13-3-7-15(8-4-13)38-40(41,39-16-9-5-14(35-2)6-10-16)36-12-24(22(26)27)19(31)18(30)21(37-24)29-11-17(25)20(32)28-23(29)33/h3-11,18-19,21-22,30-31H,12H2,1-2H3,(H,28,32,33)/t18-,19-,21+,24+/m0/s1. The number of methoxy groups -OCH3 is 2. The highest BCUT2D eigenvalue weighted by molar-refractivity contribution is 8.07. The van der Waals surface area contributed by atoms with Crippen LogP contribution in [0.2, 0.25) is 0 Å². The summed E-state index contributed by atoms with van der Waals surface area (Å²) >= 11 is 5.50. The summed E-state index contributed by atoms with van der Waals surface area (Å²) in [5.74, 6) is -0.256. The molecule has 0 radical (unpaired) electrons. The summed E-state index contributed by atoms with van der Waals surface area (Å²) in [6, 6.07) is 12.0. The van der Waals surface area contributed by atoms with Gasteiger partial charge in [0, 0.05) is 11.8 Å². The van der Waals surface area contributed by atoms with Gasteiger partial charge in [0.05, 0.1) is 27.0 Å². The number of ether oxygens (including phenoxy) is 3. The first-order valence-corrected chi connectivity index (χ1v) is 14.2. The Hall–Kier alpha value is -3.40. The highest BCUT2D eigenvalue weighted by Crippen LogP contribution is 2.52. The van der Waals surface area contributed by atoms with Crippen LogP contribution in [0.1, 0.15) is 6.23 Å². The number of hydrogen-bond donors (Lipinski definition) is 3. The molecule has 2 aromatic carbocycles. The van der Waals surface area contributed by atoms with Gasteiger partial charge in [-0.05, 0) is 48.5 Å². The molecule has 1 fully saturated rings. The van der Waals surface area contributed by atoms with E-state index in [2.05, 4.69) is 0 Å². The first kappa shape index (κ1) is 30.6. The molecule has 0 bridgehead atoms. The predicted octanol–water partition coefficient (Wildman–Crippen LogP) is 2.35. The van der Waals surface area contributed by atoms with Crippen LogP contribution in [-0.4, -0.2) is 64.8 Å². The number of alkyl halides is 2. The van der Waals surface area contributed by atoms with Crippen molar-refractivity contribution in [3.05, 3.63) is 81.4 Å². The number of rotatable bonds is 11. The molecule has 0 aliphatic carbocycles. The maximum Gasteiger partial charge on any atom is 0.435 e. The molecule has 0 spiro atoms. The van der Waals surface area contributed by atoms with E-state index in [-0.39, 0.29) is 11.5 Å². The van der Waals surface area contributed by atoms with Gasteiger partial charge >= 0.3 is 12.4 Å². The van der Waals surface area contributed by atoms with Gasteiger partial charge in [-0.2, -0.15) is 4.39 Å². The van der Waals surface area contributed by atoms with Crippen LogP contribution < -0.4 is 29.8 Å². The minimum absolute atomic E-state index is 0.120. The summed E-state index contributed by atoms with van der Waals surface area (Å²) in [5, 5.41) is 21.2. The van der Waals surface area contributed by atoms with Crippen molar-refractivity contribution in [3.63, 3.8) is 0 Å². The van der Waals surface area contributed by atoms with E-state index in [9.17, 15) is 33.0 Å². The molecule has 1 aliphatic heterocycles. The molecule has 222 valence electrons. The Morgan fingerprint density at radius 3 is 1.95 bits per heavy atom. The molecule has 3 N–H and O–H groups in total. The Morgan fingerprint density at radius 2 is 1.49 bits per heavy atom. The molecule has 12 nitrogen and oxygen atoms in total. The topological polar surface area (TPSA) is 151 Å². The van der Waals surface area contributed by atoms with Crippen molar-refractivity contribution in [1.29, 1.82) is 0 Å². The molecule has 0 unspecified atom stereocenters. The molecule has 2 heterocycles. The second-order valence-electron chi connectivity index (χ2n) is 8.60. The number of nitrogens with zero attached hydrogens (tertiary/aromatic N) is 1. The zero-order valence-corrected chi connectivity index (χ0v) is 23.0. The first-order chi connectivity index (χ1) is 19.4. The monoisotopic (exact) mass is 620 g/mol. The first-order valence-electron chi connectivity index (χ1n) is 11.7. The molecule has 0 saturated carbocycles. The third-order valence-electron chi connectivity index (χ3n) is 6.03. The van der Waals surface area contributed by atoms with Gasteiger partial charge in [-0.3, -0.25) is 18.9 Å². The highest BCUT2D eigenvalue weighted by atomic mass is 32.5. The van der Waals surface area contributed by atoms with Gasteiger partial charge in [-0.15, -0.1) is 0 Å². The minimum atomic E-state index is -4.04. The number of H-pyrrole nitrogens is 1. The molecule has 1 saturated heterocycles. The van der Waals surface area contributed by atoms with E-state index in [1.54, 1.807) is 4.98 Å². The summed E-state index contributed by atoms with van der Waals surface area (Å²) in [7, 11) is 2.90. The maximum absolute atomic E-state index is 14.5. The van der Waals surface area contributed by atoms with Crippen LogP contribution in [0.25, 0.3) is 0 Å². The van der Waals surface area contributed by atoms with Gasteiger partial charge < -0.3 is 33.5 Å². The number of aromatic nitrogens is 2. The summed E-state index contributed by atoms with van der Waals surface area (Å²) in [6.07, 6.45) is -9.78. The summed E-state index contributed by atoms with van der Waals surface area (Å²) in [5.41, 5.74) is -5.66. The van der Waals surface area contributed by atoms with Crippen molar-refractivity contribution in [1.82, 2.24) is 9.55 Å². The second kappa shape index (κ2) is 12.2. The number of aromatic amines is 1. The van der Waals surface area contributed by atoms with Gasteiger partial charge in [0.2, 0.25) is 5.82 Å². The molecule has 17 heteroatoms. The molecule has 41 heavy (non-hydrogen) atoms. The average Bonchev–Trinajstić information content (AvgIpc) is 3.21. The van der Waals surface area contributed by atoms with Crippen molar-refractivity contribution >= 4 is 18.5 Å². The van der Waals surface area contributed by atoms with Crippen LogP contribution in [0.15, 0.2) is 64.3 Å². The molecular formula is C24H24F3N2O10PS. The van der Waals surface area contributed by atoms with E-state index in [0.717, 1.165) is 0 Å². The number of halogens is 3. The quantitative estimate of drug-likeness (QED) is 0.271. The second-order valence-corrected chi connectivity index (χ2v) is 11.5. The van der Waals surface area contributed by atoms with Gasteiger partial charge in [0.25, 0.3) is 12.0 Å². The fraction of sp³-hybridized carbons (Fsp3) is 0.333. The normalized spacial score (nSPS) is 22.5. The lowest BCUT2D eigenvalue weighted by molar-refractivity contribution is -0.192. The third kappa shape index (κ3) is 6.42. The van der Waals surface area contributed by atoms with E-state index < -0.39 is 60.9 Å². The fourth-order valence-electron chi connectivity index (χ4n) is 3.83. The van der Waals surface area contributed by atoms with Crippen LogP contribution in [-0.2, 0) is 21.1 Å². The Bertz CT molecular complexity index is 1470. The number of hydrogen-bond acceptors (Lipinski definition) is 11. The van der Waals surface area contributed by atoms with E-state index in [1.165, 1.54) is 62.8 Å². The third-order valence-corrected chi connectivity index (χ3v) is 8.10. The van der Waals surface area contributed by atoms with E-state index in [4.69, 9.17) is 39.6 Å². The Kier molecular flexibility index (Phi) is 9.11. The summed E-state index contributed by atoms with van der Waals surface area (Å²) < 4.78 is 75.9. The molecule has 0 amide bonds. The maximum atomic E-state index is 14.5. The number of nitrogens with one attached hydrogen (secondary N) is 1. The number of benzene rings is 2. The predicted molar refractivity (Wildman–Crippen MR) is 140 cm³/mol. The van der Waals surface area contributed by atoms with Crippen LogP contribution in [0, 0.1) is 5.82 Å². The van der Waals surface area contributed by atoms with Crippen LogP contribution in [0.3, 0.4) is 0 Å². The zero-order chi connectivity index (χ0) is 29.9. The molecule has 1 aromatic heterocycles. The van der Waals surface area contributed by atoms with Crippen molar-refractivity contribution in [3.8, 4) is 23.0 Å². The van der Waals surface area contributed by atoms with Crippen molar-refractivity contribution in [2.24, 2.45) is 0 Å². The fourth-order valence-corrected chi connectivity index (χ4v) is 5.76. The lowest BCUT2D eigenvalue weighted by Gasteiger charge is -2.33. The molecule has 3 aromatic rings. The van der Waals surface area contributed by atoms with Crippen LogP contribution >= 0.6 is 6.72 Å². The van der Waals surface area contributed by atoms with Crippen LogP contribution in [0.5, 0.6) is 23.0 Å². The Morgan fingerprint density at radius 1 is 1.00 bits per heavy atom. The Balaban J connectivity index is 1.65. The molecule has 4 rings (SSSR count). The zero-order valence-electron chi connectivity index (χ0n) is 21.3. The van der Waals surface area contributed by atoms with E-state index in [1.807, 2.05) is 0 Å². The highest BCUT2D eigenvalue weighted by Gasteiger charge is 2.61. The molecule has 1 aliphatic rings. The Labute approximate surface area is 235 Å². The lowest BCUT2D eigenvalue weighted by atomic mass is 9.96. The van der Waals surface area contributed by atoms with E-state index in [0.29, 0.717) is 22.3 Å². The molecule has 4 atom stereocenters. The number of aliphatic hydroxyl groups is 2. The lowest BCUT2D eigenvalue weighted by Crippen LogP contribution is -2.52. The number of aliphatic hydroxyl groups excluding tert-OH is 2. The summed E-state index contributed by atoms with van der Waals surface area (Å²) in [4.78, 5) is 25.2. The van der Waals surface area contributed by atoms with Gasteiger partial charge in [-0.1, -0.05) is 0 Å². The van der Waals surface area contributed by atoms with Gasteiger partial charge in [0.15, 0.2) is 11.8 Å². The van der Waals surface area contributed by atoms with E-state index >= 15 is 0 Å². The SMILES string of the molecule is COc1ccc(OP(=S)(OC[C@@]2(C(F)F)O[C@@H](n3cc(F)c(=O)[nH]c3=O)[C@@H](O)[C@@H]2O)Oc2ccc(OC)cc2)cc1.